The molecule has 0 atom stereocenters. The van der Waals surface area contributed by atoms with E-state index >= 15 is 0 Å². The van der Waals surface area contributed by atoms with Gasteiger partial charge in [-0.05, 0) is 37.3 Å². The van der Waals surface area contributed by atoms with Crippen LogP contribution in [-0.4, -0.2) is 42.8 Å². The van der Waals surface area contributed by atoms with Crippen LogP contribution in [0, 0.1) is 0 Å². The molecule has 0 fully saturated rings. The van der Waals surface area contributed by atoms with Gasteiger partial charge in [0, 0.05) is 29.8 Å². The van der Waals surface area contributed by atoms with Gasteiger partial charge in [-0.3, -0.25) is 0 Å². The average molecular weight is 439 g/mol. The van der Waals surface area contributed by atoms with Gasteiger partial charge in [0.1, 0.15) is 0 Å². The van der Waals surface area contributed by atoms with Crippen molar-refractivity contribution < 1.29 is 17.9 Å². The highest BCUT2D eigenvalue weighted by Gasteiger charge is 2.14. The molecule has 0 aliphatic heterocycles. The van der Waals surface area contributed by atoms with Gasteiger partial charge in [-0.25, -0.2) is 18.4 Å². The SMILES string of the molecule is CCOc1ccc(-c2cn3cc(-c4cccc(S(C)(=O)=O)c4)nc(N)c3n2)cc1OC. The van der Waals surface area contributed by atoms with Crippen LogP contribution < -0.4 is 15.2 Å². The number of benzene rings is 2. The summed E-state index contributed by atoms with van der Waals surface area (Å²) in [5, 5.41) is 0. The standard InChI is InChI=1S/C22H22N4O4S/c1-4-30-19-9-8-15(11-20(19)29-2)18-13-26-12-17(24-21(23)22(26)25-18)14-6-5-7-16(10-14)31(3,27)28/h5-13H,4H2,1-3H3,(H2,23,24). The molecule has 8 nitrogen and oxygen atoms in total. The zero-order valence-corrected chi connectivity index (χ0v) is 18.2. The van der Waals surface area contributed by atoms with Gasteiger partial charge >= 0.3 is 0 Å². The number of methoxy groups -OCH3 is 1. The maximum atomic E-state index is 11.9. The van der Waals surface area contributed by atoms with Crippen LogP contribution in [0.5, 0.6) is 11.5 Å². The van der Waals surface area contributed by atoms with Crippen molar-refractivity contribution in [1.29, 1.82) is 0 Å². The fourth-order valence-electron chi connectivity index (χ4n) is 3.29. The van der Waals surface area contributed by atoms with Crippen molar-refractivity contribution in [3.63, 3.8) is 0 Å². The summed E-state index contributed by atoms with van der Waals surface area (Å²) in [6.07, 6.45) is 4.78. The number of imidazole rings is 1. The van der Waals surface area contributed by atoms with Gasteiger partial charge in [0.05, 0.1) is 30.0 Å². The molecule has 0 saturated carbocycles. The van der Waals surface area contributed by atoms with E-state index in [4.69, 9.17) is 15.2 Å². The topological polar surface area (TPSA) is 109 Å². The van der Waals surface area contributed by atoms with Crippen molar-refractivity contribution in [2.24, 2.45) is 0 Å². The number of aromatic nitrogens is 3. The third kappa shape index (κ3) is 4.04. The lowest BCUT2D eigenvalue weighted by molar-refractivity contribution is 0.311. The normalized spacial score (nSPS) is 11.6. The Labute approximate surface area is 180 Å². The van der Waals surface area contributed by atoms with E-state index in [1.165, 1.54) is 6.26 Å². The van der Waals surface area contributed by atoms with Crippen LogP contribution in [0.4, 0.5) is 5.82 Å². The molecule has 0 amide bonds. The van der Waals surface area contributed by atoms with Crippen molar-refractivity contribution in [1.82, 2.24) is 14.4 Å². The Morgan fingerprint density at radius 3 is 2.39 bits per heavy atom. The molecule has 160 valence electrons. The number of fused-ring (bicyclic) bond motifs is 1. The molecule has 2 aromatic heterocycles. The maximum absolute atomic E-state index is 11.9. The quantitative estimate of drug-likeness (QED) is 0.491. The maximum Gasteiger partial charge on any atom is 0.180 e. The minimum absolute atomic E-state index is 0.221. The highest BCUT2D eigenvalue weighted by Crippen LogP contribution is 2.33. The van der Waals surface area contributed by atoms with E-state index in [-0.39, 0.29) is 10.7 Å². The Balaban J connectivity index is 1.79. The molecular formula is C22H22N4O4S. The third-order valence-corrected chi connectivity index (χ3v) is 5.89. The summed E-state index contributed by atoms with van der Waals surface area (Å²) in [6, 6.07) is 12.2. The number of anilines is 1. The molecule has 0 radical (unpaired) electrons. The largest absolute Gasteiger partial charge is 0.493 e. The Morgan fingerprint density at radius 1 is 1.00 bits per heavy atom. The van der Waals surface area contributed by atoms with E-state index in [2.05, 4.69) is 9.97 Å². The van der Waals surface area contributed by atoms with Crippen molar-refractivity contribution >= 4 is 21.3 Å². The van der Waals surface area contributed by atoms with Gasteiger partial charge in [-0.1, -0.05) is 12.1 Å². The summed E-state index contributed by atoms with van der Waals surface area (Å²) in [6.45, 7) is 2.45. The van der Waals surface area contributed by atoms with E-state index in [1.807, 2.05) is 31.3 Å². The van der Waals surface area contributed by atoms with Crippen LogP contribution in [0.3, 0.4) is 0 Å². The summed E-state index contributed by atoms with van der Waals surface area (Å²) in [4.78, 5) is 9.26. The second kappa shape index (κ2) is 7.92. The molecule has 0 bridgehead atoms. The molecule has 0 aliphatic carbocycles. The Hall–Kier alpha value is -3.59. The van der Waals surface area contributed by atoms with Crippen LogP contribution >= 0.6 is 0 Å². The van der Waals surface area contributed by atoms with Crippen molar-refractivity contribution in [2.45, 2.75) is 11.8 Å². The molecule has 4 rings (SSSR count). The van der Waals surface area contributed by atoms with Crippen LogP contribution in [0.2, 0.25) is 0 Å². The van der Waals surface area contributed by atoms with Crippen molar-refractivity contribution in [2.75, 3.05) is 25.7 Å². The molecule has 0 aliphatic rings. The van der Waals surface area contributed by atoms with E-state index < -0.39 is 9.84 Å². The van der Waals surface area contributed by atoms with Crippen LogP contribution in [-0.2, 0) is 9.84 Å². The zero-order chi connectivity index (χ0) is 22.2. The minimum Gasteiger partial charge on any atom is -0.493 e. The second-order valence-corrected chi connectivity index (χ2v) is 8.98. The molecule has 0 unspecified atom stereocenters. The fourth-order valence-corrected chi connectivity index (χ4v) is 3.95. The first-order valence-electron chi connectivity index (χ1n) is 9.57. The highest BCUT2D eigenvalue weighted by molar-refractivity contribution is 7.90. The Bertz CT molecular complexity index is 1380. The number of hydrogen-bond acceptors (Lipinski definition) is 7. The monoisotopic (exact) mass is 438 g/mol. The predicted octanol–water partition coefficient (Wildman–Crippen LogP) is 3.46. The van der Waals surface area contributed by atoms with E-state index in [0.717, 1.165) is 5.56 Å². The first kappa shape index (κ1) is 20.7. The molecular weight excluding hydrogens is 416 g/mol. The number of nitrogen functional groups attached to an aromatic ring is 1. The summed E-state index contributed by atoms with van der Waals surface area (Å²) in [5.74, 6) is 1.51. The van der Waals surface area contributed by atoms with E-state index in [1.54, 1.807) is 42.0 Å². The molecule has 2 heterocycles. The molecule has 0 spiro atoms. The lowest BCUT2D eigenvalue weighted by Crippen LogP contribution is -2.00. The second-order valence-electron chi connectivity index (χ2n) is 6.97. The first-order chi connectivity index (χ1) is 14.8. The summed E-state index contributed by atoms with van der Waals surface area (Å²) in [5.41, 5.74) is 9.40. The van der Waals surface area contributed by atoms with Gasteiger partial charge < -0.3 is 19.6 Å². The lowest BCUT2D eigenvalue weighted by Gasteiger charge is -2.09. The number of nitrogens with zero attached hydrogens (tertiary/aromatic N) is 3. The smallest absolute Gasteiger partial charge is 0.180 e. The molecule has 9 heteroatoms. The molecule has 2 aromatic carbocycles. The predicted molar refractivity (Wildman–Crippen MR) is 119 cm³/mol. The lowest BCUT2D eigenvalue weighted by atomic mass is 10.1. The zero-order valence-electron chi connectivity index (χ0n) is 17.4. The summed E-state index contributed by atoms with van der Waals surface area (Å²) >= 11 is 0. The third-order valence-electron chi connectivity index (χ3n) is 4.78. The Morgan fingerprint density at radius 2 is 1.71 bits per heavy atom. The highest BCUT2D eigenvalue weighted by atomic mass is 32.2. The molecule has 2 N–H and O–H groups in total. The summed E-state index contributed by atoms with van der Waals surface area (Å²) < 4.78 is 36.6. The average Bonchev–Trinajstić information content (AvgIpc) is 3.18. The molecule has 4 aromatic rings. The van der Waals surface area contributed by atoms with Crippen LogP contribution in [0.15, 0.2) is 59.8 Å². The summed E-state index contributed by atoms with van der Waals surface area (Å²) in [7, 11) is -1.75. The van der Waals surface area contributed by atoms with Crippen molar-refractivity contribution in [3.05, 3.63) is 54.9 Å². The number of ether oxygens (including phenoxy) is 2. The van der Waals surface area contributed by atoms with Gasteiger partial charge in [-0.2, -0.15) is 0 Å². The van der Waals surface area contributed by atoms with Crippen LogP contribution in [0.25, 0.3) is 28.2 Å². The Kier molecular flexibility index (Phi) is 5.28. The number of nitrogens with two attached hydrogens (primary N) is 1. The molecule has 31 heavy (non-hydrogen) atoms. The van der Waals surface area contributed by atoms with E-state index in [0.29, 0.717) is 40.7 Å². The van der Waals surface area contributed by atoms with E-state index in [9.17, 15) is 8.42 Å². The number of sulfone groups is 1. The fraction of sp³-hybridized carbons (Fsp3) is 0.182. The first-order valence-corrected chi connectivity index (χ1v) is 11.5. The van der Waals surface area contributed by atoms with Gasteiger partial charge in [0.25, 0.3) is 0 Å². The number of hydrogen-bond donors (Lipinski definition) is 1. The molecule has 0 saturated heterocycles. The van der Waals surface area contributed by atoms with Gasteiger partial charge in [-0.15, -0.1) is 0 Å². The van der Waals surface area contributed by atoms with Gasteiger partial charge in [0.15, 0.2) is 32.8 Å². The van der Waals surface area contributed by atoms with Gasteiger partial charge in [0.2, 0.25) is 0 Å². The minimum atomic E-state index is -3.33. The number of rotatable bonds is 6. The van der Waals surface area contributed by atoms with Crippen LogP contribution in [0.1, 0.15) is 6.92 Å². The van der Waals surface area contributed by atoms with Crippen molar-refractivity contribution in [3.8, 4) is 34.0 Å².